The van der Waals surface area contributed by atoms with Crippen molar-refractivity contribution >= 4 is 23.2 Å². The minimum atomic E-state index is -2.61. The van der Waals surface area contributed by atoms with Crippen LogP contribution >= 0.6 is 11.6 Å². The summed E-state index contributed by atoms with van der Waals surface area (Å²) in [5.74, 6) is 0. The van der Waals surface area contributed by atoms with E-state index < -0.39 is 18.0 Å². The first-order valence-electron chi connectivity index (χ1n) is 7.09. The molecule has 1 aromatic heterocycles. The minimum absolute atomic E-state index is 0.245. The molecule has 0 N–H and O–H groups in total. The first kappa shape index (κ1) is 19.0. The van der Waals surface area contributed by atoms with Crippen LogP contribution in [0, 0.1) is 6.92 Å². The van der Waals surface area contributed by atoms with Crippen molar-refractivity contribution in [3.8, 4) is 16.9 Å². The van der Waals surface area contributed by atoms with Gasteiger partial charge < -0.3 is 0 Å². The van der Waals surface area contributed by atoms with Gasteiger partial charge in [0.25, 0.3) is 6.43 Å². The molecule has 4 nitrogen and oxygen atoms in total. The summed E-state index contributed by atoms with van der Waals surface area (Å²) in [6.07, 6.45) is -2.61. The molecule has 130 valence electrons. The van der Waals surface area contributed by atoms with Gasteiger partial charge in [-0.25, -0.2) is 13.5 Å². The summed E-state index contributed by atoms with van der Waals surface area (Å²) in [7, 11) is 0. The van der Waals surface area contributed by atoms with Crippen molar-refractivity contribution in [3.05, 3.63) is 70.9 Å². The van der Waals surface area contributed by atoms with Gasteiger partial charge in [0.15, 0.2) is 0 Å². The highest BCUT2D eigenvalue weighted by molar-refractivity contribution is 7.51. The van der Waals surface area contributed by atoms with Gasteiger partial charge in [-0.15, -0.1) is 0 Å². The average molecular weight is 383 g/mol. The van der Waals surface area contributed by atoms with Crippen LogP contribution < -0.4 is 0 Å². The molecule has 25 heavy (non-hydrogen) atoms. The molecule has 3 rings (SSSR count). The summed E-state index contributed by atoms with van der Waals surface area (Å²) in [6.45, 7) is 1.97. The fraction of sp³-hybridized carbons (Fsp3) is 0.118. The molecule has 0 unspecified atom stereocenters. The highest BCUT2D eigenvalue weighted by Crippen LogP contribution is 2.29. The van der Waals surface area contributed by atoms with Gasteiger partial charge in [-0.2, -0.15) is 13.5 Å². The van der Waals surface area contributed by atoms with Gasteiger partial charge in [0, 0.05) is 10.6 Å². The van der Waals surface area contributed by atoms with Crippen LogP contribution in [0.2, 0.25) is 5.02 Å². The van der Waals surface area contributed by atoms with Gasteiger partial charge in [0.1, 0.15) is 5.69 Å². The Balaban J connectivity index is 0.000000701. The molecule has 0 aliphatic carbocycles. The molecule has 0 aliphatic heterocycles. The number of benzene rings is 2. The lowest BCUT2D eigenvalue weighted by atomic mass is 10.1. The summed E-state index contributed by atoms with van der Waals surface area (Å²) in [4.78, 5) is 0. The fourth-order valence-corrected chi connectivity index (χ4v) is 2.34. The van der Waals surface area contributed by atoms with Crippen molar-refractivity contribution in [1.82, 2.24) is 9.78 Å². The molecule has 0 aliphatic rings. The SMILES string of the molecule is Cc1ccc(-n2nc(C(F)F)cc2-c2ccc(Cl)cc2)cc1.O=S=O. The van der Waals surface area contributed by atoms with E-state index in [0.717, 1.165) is 16.8 Å². The number of aromatic nitrogens is 2. The van der Waals surface area contributed by atoms with Crippen LogP contribution in [0.1, 0.15) is 17.7 Å². The van der Waals surface area contributed by atoms with E-state index >= 15 is 0 Å². The zero-order valence-corrected chi connectivity index (χ0v) is 14.6. The number of hydrogen-bond acceptors (Lipinski definition) is 3. The summed E-state index contributed by atoms with van der Waals surface area (Å²) in [5.41, 5.74) is 2.98. The third-order valence-electron chi connectivity index (χ3n) is 3.37. The lowest BCUT2D eigenvalue weighted by Crippen LogP contribution is -2.00. The number of rotatable bonds is 3. The second kappa shape index (κ2) is 8.64. The summed E-state index contributed by atoms with van der Waals surface area (Å²) >= 11 is 5.14. The van der Waals surface area contributed by atoms with Crippen molar-refractivity contribution in [2.45, 2.75) is 13.3 Å². The molecule has 8 heteroatoms. The van der Waals surface area contributed by atoms with E-state index in [4.69, 9.17) is 20.0 Å². The van der Waals surface area contributed by atoms with Crippen molar-refractivity contribution in [2.24, 2.45) is 0 Å². The lowest BCUT2D eigenvalue weighted by molar-refractivity contribution is 0.145. The third kappa shape index (κ3) is 4.80. The minimum Gasteiger partial charge on any atom is -0.233 e. The van der Waals surface area contributed by atoms with Crippen LogP contribution in [-0.2, 0) is 11.6 Å². The Morgan fingerprint density at radius 1 is 1.04 bits per heavy atom. The van der Waals surface area contributed by atoms with E-state index in [9.17, 15) is 8.78 Å². The maximum absolute atomic E-state index is 13.0. The van der Waals surface area contributed by atoms with Crippen molar-refractivity contribution < 1.29 is 17.2 Å². The van der Waals surface area contributed by atoms with Crippen molar-refractivity contribution in [2.75, 3.05) is 0 Å². The Bertz CT molecular complexity index is 812. The molecule has 0 spiro atoms. The van der Waals surface area contributed by atoms with Gasteiger partial charge in [0.2, 0.25) is 0 Å². The number of alkyl halides is 2. The molecule has 0 atom stereocenters. The van der Waals surface area contributed by atoms with Crippen molar-refractivity contribution in [1.29, 1.82) is 0 Å². The Kier molecular flexibility index (Phi) is 6.55. The highest BCUT2D eigenvalue weighted by atomic mass is 35.5. The molecular weight excluding hydrogens is 370 g/mol. The normalized spacial score (nSPS) is 10.3. The zero-order valence-electron chi connectivity index (χ0n) is 13.0. The lowest BCUT2D eigenvalue weighted by Gasteiger charge is -2.08. The number of halogens is 3. The van der Waals surface area contributed by atoms with Gasteiger partial charge in [-0.1, -0.05) is 41.4 Å². The fourth-order valence-electron chi connectivity index (χ4n) is 2.22. The van der Waals surface area contributed by atoms with Gasteiger partial charge in [-0.05, 0) is 37.3 Å². The molecule has 0 saturated heterocycles. The molecule has 1 heterocycles. The van der Waals surface area contributed by atoms with Crippen LogP contribution in [0.15, 0.2) is 54.6 Å². The van der Waals surface area contributed by atoms with E-state index in [1.165, 1.54) is 10.7 Å². The molecular formula is C17H13ClF2N2O2S. The van der Waals surface area contributed by atoms with Gasteiger partial charge in [-0.3, -0.25) is 0 Å². The van der Waals surface area contributed by atoms with E-state index in [2.05, 4.69) is 5.10 Å². The third-order valence-corrected chi connectivity index (χ3v) is 3.62. The Morgan fingerprint density at radius 3 is 2.12 bits per heavy atom. The number of aryl methyl sites for hydroxylation is 1. The van der Waals surface area contributed by atoms with E-state index in [-0.39, 0.29) is 5.69 Å². The van der Waals surface area contributed by atoms with E-state index in [0.29, 0.717) is 10.7 Å². The first-order chi connectivity index (χ1) is 12.0. The molecule has 3 aromatic rings. The van der Waals surface area contributed by atoms with E-state index in [1.54, 1.807) is 24.3 Å². The molecule has 0 saturated carbocycles. The van der Waals surface area contributed by atoms with Gasteiger partial charge >= 0.3 is 11.6 Å². The second-order valence-electron chi connectivity index (χ2n) is 5.08. The second-order valence-corrected chi connectivity index (χ2v) is 5.65. The first-order valence-corrected chi connectivity index (χ1v) is 8.13. The molecule has 0 bridgehead atoms. The Hall–Kier alpha value is -2.38. The average Bonchev–Trinajstić information content (AvgIpc) is 3.02. The van der Waals surface area contributed by atoms with E-state index in [1.807, 2.05) is 31.2 Å². The maximum atomic E-state index is 13.0. The smallest absolute Gasteiger partial charge is 0.233 e. The zero-order chi connectivity index (χ0) is 18.4. The number of nitrogens with zero attached hydrogens (tertiary/aromatic N) is 2. The summed E-state index contributed by atoms with van der Waals surface area (Å²) in [5, 5.41) is 4.64. The van der Waals surface area contributed by atoms with Crippen LogP contribution in [0.4, 0.5) is 8.78 Å². The van der Waals surface area contributed by atoms with Crippen molar-refractivity contribution in [3.63, 3.8) is 0 Å². The highest BCUT2D eigenvalue weighted by Gasteiger charge is 2.17. The standard InChI is InChI=1S/C17H13ClF2N2.O2S/c1-11-2-8-14(9-3-11)22-16(10-15(21-22)17(19)20)12-4-6-13(18)7-5-12;1-3-2/h2-10,17H,1H3;. The topological polar surface area (TPSA) is 52.0 Å². The predicted molar refractivity (Wildman–Crippen MR) is 92.6 cm³/mol. The quantitative estimate of drug-likeness (QED) is 0.655. The summed E-state index contributed by atoms with van der Waals surface area (Å²) < 4.78 is 44.2. The Labute approximate surface area is 151 Å². The molecule has 0 radical (unpaired) electrons. The van der Waals surface area contributed by atoms with Crippen LogP contribution in [0.25, 0.3) is 16.9 Å². The predicted octanol–water partition coefficient (Wildman–Crippen LogP) is 4.77. The number of hydrogen-bond donors (Lipinski definition) is 0. The summed E-state index contributed by atoms with van der Waals surface area (Å²) in [6, 6.07) is 16.0. The van der Waals surface area contributed by atoms with Crippen LogP contribution in [-0.4, -0.2) is 18.2 Å². The monoisotopic (exact) mass is 382 g/mol. The molecule has 2 aromatic carbocycles. The van der Waals surface area contributed by atoms with Crippen LogP contribution in [0.3, 0.4) is 0 Å². The molecule has 0 fully saturated rings. The van der Waals surface area contributed by atoms with Crippen LogP contribution in [0.5, 0.6) is 0 Å². The van der Waals surface area contributed by atoms with Gasteiger partial charge in [0.05, 0.1) is 11.4 Å². The molecule has 0 amide bonds. The largest absolute Gasteiger partial charge is 0.335 e. The Morgan fingerprint density at radius 2 is 1.60 bits per heavy atom. The maximum Gasteiger partial charge on any atom is 0.335 e.